The average Bonchev–Trinajstić information content (AvgIpc) is 3.11. The van der Waals surface area contributed by atoms with Gasteiger partial charge in [-0.25, -0.2) is 9.97 Å². The van der Waals surface area contributed by atoms with E-state index in [1.807, 2.05) is 20.0 Å². The molecule has 2 aromatic heterocycles. The van der Waals surface area contributed by atoms with E-state index < -0.39 is 0 Å². The van der Waals surface area contributed by atoms with E-state index in [9.17, 15) is 0 Å². The van der Waals surface area contributed by atoms with Crippen molar-refractivity contribution in [1.82, 2.24) is 14.5 Å². The second kappa shape index (κ2) is 5.12. The molecule has 0 saturated heterocycles. The number of fused-ring (bicyclic) bond motifs is 1. The third-order valence-electron chi connectivity index (χ3n) is 3.80. The highest BCUT2D eigenvalue weighted by atomic mass is 35.5. The van der Waals surface area contributed by atoms with E-state index in [1.165, 1.54) is 25.7 Å². The van der Waals surface area contributed by atoms with Crippen LogP contribution < -0.4 is 0 Å². The number of aryl methyl sites for hydroxylation is 2. The van der Waals surface area contributed by atoms with Gasteiger partial charge >= 0.3 is 0 Å². The fourth-order valence-electron chi connectivity index (χ4n) is 2.60. The van der Waals surface area contributed by atoms with E-state index in [0.29, 0.717) is 0 Å². The normalized spacial score (nSPS) is 17.0. The van der Waals surface area contributed by atoms with Crippen LogP contribution in [0.5, 0.6) is 0 Å². The zero-order chi connectivity index (χ0) is 13.4. The quantitative estimate of drug-likeness (QED) is 0.766. The molecule has 1 aliphatic carbocycles. The van der Waals surface area contributed by atoms with E-state index >= 15 is 0 Å². The van der Waals surface area contributed by atoms with Crippen molar-refractivity contribution in [2.45, 2.75) is 51.5 Å². The molecule has 0 bridgehead atoms. The fourth-order valence-corrected chi connectivity index (χ4v) is 2.76. The predicted octanol–water partition coefficient (Wildman–Crippen LogP) is 4.23. The van der Waals surface area contributed by atoms with Gasteiger partial charge in [-0.3, -0.25) is 0 Å². The molecule has 0 spiro atoms. The van der Waals surface area contributed by atoms with E-state index in [2.05, 4.69) is 20.6 Å². The standard InChI is InChI=1S/C15H20ClN3/c1-10-8-13-15(17-9-10)19(14(18-13)11(2)16)7-3-4-12-5-6-12/h8-9,11-12H,3-7H2,1-2H3. The summed E-state index contributed by atoms with van der Waals surface area (Å²) in [6.45, 7) is 5.00. The van der Waals surface area contributed by atoms with Crippen LogP contribution in [0.1, 0.15) is 49.4 Å². The van der Waals surface area contributed by atoms with Crippen LogP contribution in [0.2, 0.25) is 0 Å². The second-order valence-electron chi connectivity index (χ2n) is 5.68. The summed E-state index contributed by atoms with van der Waals surface area (Å²) in [5, 5.41) is -0.0737. The first kappa shape index (κ1) is 12.9. The molecule has 1 aliphatic rings. The smallest absolute Gasteiger partial charge is 0.160 e. The van der Waals surface area contributed by atoms with Crippen LogP contribution in [0, 0.1) is 12.8 Å². The summed E-state index contributed by atoms with van der Waals surface area (Å²) in [5.74, 6) is 1.92. The van der Waals surface area contributed by atoms with Crippen molar-refractivity contribution in [3.63, 3.8) is 0 Å². The second-order valence-corrected chi connectivity index (χ2v) is 6.33. The van der Waals surface area contributed by atoms with Crippen LogP contribution in [-0.4, -0.2) is 14.5 Å². The van der Waals surface area contributed by atoms with Gasteiger partial charge in [0.25, 0.3) is 0 Å². The molecule has 19 heavy (non-hydrogen) atoms. The van der Waals surface area contributed by atoms with Crippen molar-refractivity contribution in [2.24, 2.45) is 5.92 Å². The molecule has 2 aromatic rings. The molecule has 3 nitrogen and oxygen atoms in total. The van der Waals surface area contributed by atoms with Gasteiger partial charge in [0.15, 0.2) is 5.65 Å². The van der Waals surface area contributed by atoms with E-state index in [-0.39, 0.29) is 5.38 Å². The Morgan fingerprint density at radius 1 is 1.47 bits per heavy atom. The molecule has 0 radical (unpaired) electrons. The zero-order valence-electron chi connectivity index (χ0n) is 11.6. The van der Waals surface area contributed by atoms with Gasteiger partial charge in [-0.2, -0.15) is 0 Å². The molecule has 102 valence electrons. The van der Waals surface area contributed by atoms with Crippen molar-refractivity contribution in [3.05, 3.63) is 23.7 Å². The molecule has 0 aromatic carbocycles. The number of halogens is 1. The minimum Gasteiger partial charge on any atom is -0.311 e. The first-order valence-corrected chi connectivity index (χ1v) is 7.55. The zero-order valence-corrected chi connectivity index (χ0v) is 12.3. The summed E-state index contributed by atoms with van der Waals surface area (Å²) < 4.78 is 2.20. The SMILES string of the molecule is Cc1cnc2c(c1)nc(C(C)Cl)n2CCCC1CC1. The Bertz CT molecular complexity index is 584. The van der Waals surface area contributed by atoms with Gasteiger partial charge in [-0.05, 0) is 44.2 Å². The molecule has 1 unspecified atom stereocenters. The number of rotatable bonds is 5. The van der Waals surface area contributed by atoms with Gasteiger partial charge in [-0.1, -0.05) is 12.8 Å². The van der Waals surface area contributed by atoms with Crippen molar-refractivity contribution in [3.8, 4) is 0 Å². The average molecular weight is 278 g/mol. The summed E-state index contributed by atoms with van der Waals surface area (Å²) in [5.41, 5.74) is 3.08. The Morgan fingerprint density at radius 2 is 2.26 bits per heavy atom. The minimum atomic E-state index is -0.0737. The van der Waals surface area contributed by atoms with E-state index in [0.717, 1.165) is 35.0 Å². The Labute approximate surface area is 119 Å². The summed E-state index contributed by atoms with van der Waals surface area (Å²) in [6, 6.07) is 2.09. The predicted molar refractivity (Wildman–Crippen MR) is 78.5 cm³/mol. The fraction of sp³-hybridized carbons (Fsp3) is 0.600. The highest BCUT2D eigenvalue weighted by Gasteiger charge is 2.21. The molecule has 1 fully saturated rings. The van der Waals surface area contributed by atoms with Gasteiger partial charge in [0, 0.05) is 12.7 Å². The third kappa shape index (κ3) is 2.76. The molecule has 0 N–H and O–H groups in total. The molecule has 1 saturated carbocycles. The van der Waals surface area contributed by atoms with Crippen LogP contribution in [0.25, 0.3) is 11.2 Å². The van der Waals surface area contributed by atoms with Crippen LogP contribution in [0.3, 0.4) is 0 Å². The lowest BCUT2D eigenvalue weighted by Gasteiger charge is -2.09. The monoisotopic (exact) mass is 277 g/mol. The largest absolute Gasteiger partial charge is 0.311 e. The number of hydrogen-bond donors (Lipinski definition) is 0. The summed E-state index contributed by atoms with van der Waals surface area (Å²) in [7, 11) is 0. The first-order valence-electron chi connectivity index (χ1n) is 7.12. The summed E-state index contributed by atoms with van der Waals surface area (Å²) in [4.78, 5) is 9.19. The summed E-state index contributed by atoms with van der Waals surface area (Å²) >= 11 is 6.26. The maximum atomic E-state index is 6.26. The van der Waals surface area contributed by atoms with Gasteiger partial charge in [-0.15, -0.1) is 11.6 Å². The molecule has 0 amide bonds. The Kier molecular flexibility index (Phi) is 3.48. The lowest BCUT2D eigenvalue weighted by atomic mass is 10.2. The lowest BCUT2D eigenvalue weighted by molar-refractivity contribution is 0.567. The molecular formula is C15H20ClN3. The third-order valence-corrected chi connectivity index (χ3v) is 3.99. The maximum absolute atomic E-state index is 6.26. The van der Waals surface area contributed by atoms with Crippen molar-refractivity contribution in [1.29, 1.82) is 0 Å². The van der Waals surface area contributed by atoms with E-state index in [4.69, 9.17) is 11.6 Å². The number of pyridine rings is 1. The maximum Gasteiger partial charge on any atom is 0.160 e. The molecule has 1 atom stereocenters. The number of imidazole rings is 1. The van der Waals surface area contributed by atoms with Gasteiger partial charge in [0.1, 0.15) is 11.3 Å². The summed E-state index contributed by atoms with van der Waals surface area (Å²) in [6.07, 6.45) is 7.26. The Morgan fingerprint density at radius 3 is 2.95 bits per heavy atom. The highest BCUT2D eigenvalue weighted by molar-refractivity contribution is 6.20. The number of alkyl halides is 1. The minimum absolute atomic E-state index is 0.0737. The molecule has 2 heterocycles. The van der Waals surface area contributed by atoms with Gasteiger partial charge < -0.3 is 4.57 Å². The van der Waals surface area contributed by atoms with Crippen LogP contribution in [0.4, 0.5) is 0 Å². The van der Waals surface area contributed by atoms with Crippen molar-refractivity contribution < 1.29 is 0 Å². The first-order chi connectivity index (χ1) is 9.15. The lowest BCUT2D eigenvalue weighted by Crippen LogP contribution is -2.05. The van der Waals surface area contributed by atoms with Crippen LogP contribution >= 0.6 is 11.6 Å². The highest BCUT2D eigenvalue weighted by Crippen LogP contribution is 2.34. The van der Waals surface area contributed by atoms with Crippen molar-refractivity contribution in [2.75, 3.05) is 0 Å². The molecule has 3 rings (SSSR count). The Hall–Kier alpha value is -1.09. The molecule has 0 aliphatic heterocycles. The van der Waals surface area contributed by atoms with E-state index in [1.54, 1.807) is 0 Å². The number of hydrogen-bond acceptors (Lipinski definition) is 2. The number of aromatic nitrogens is 3. The van der Waals surface area contributed by atoms with Gasteiger partial charge in [0.2, 0.25) is 0 Å². The van der Waals surface area contributed by atoms with Crippen molar-refractivity contribution >= 4 is 22.8 Å². The Balaban J connectivity index is 1.90. The van der Waals surface area contributed by atoms with Gasteiger partial charge in [0.05, 0.1) is 5.38 Å². The van der Waals surface area contributed by atoms with Crippen LogP contribution in [-0.2, 0) is 6.54 Å². The molecular weight excluding hydrogens is 258 g/mol. The number of nitrogens with zero attached hydrogens (tertiary/aromatic N) is 3. The molecule has 4 heteroatoms. The topological polar surface area (TPSA) is 30.7 Å². The van der Waals surface area contributed by atoms with Crippen LogP contribution in [0.15, 0.2) is 12.3 Å².